The maximum Gasteiger partial charge on any atom is 0.405 e. The summed E-state index contributed by atoms with van der Waals surface area (Å²) in [4.78, 5) is 0. The third kappa shape index (κ3) is 5.36. The summed E-state index contributed by atoms with van der Waals surface area (Å²) in [5, 5.41) is 16.4. The van der Waals surface area contributed by atoms with E-state index in [1.807, 2.05) is 17.8 Å². The molecule has 5 nitrogen and oxygen atoms in total. The van der Waals surface area contributed by atoms with E-state index in [1.165, 1.54) is 0 Å². The van der Waals surface area contributed by atoms with E-state index in [1.54, 1.807) is 0 Å². The van der Waals surface area contributed by atoms with Crippen molar-refractivity contribution in [2.24, 2.45) is 0 Å². The fourth-order valence-corrected chi connectivity index (χ4v) is 1.42. The number of hydrogen-bond donors (Lipinski definition) is 0. The Morgan fingerprint density at radius 2 is 1.57 bits per heavy atom. The molecule has 0 aromatic heterocycles. The van der Waals surface area contributed by atoms with Gasteiger partial charge in [-0.3, -0.25) is 9.05 Å². The minimum atomic E-state index is -3.53. The van der Waals surface area contributed by atoms with Gasteiger partial charge in [-0.05, 0) is 0 Å². The van der Waals surface area contributed by atoms with Gasteiger partial charge in [0, 0.05) is 5.66 Å². The van der Waals surface area contributed by atoms with Crippen LogP contribution in [0, 0.1) is 34.7 Å². The zero-order chi connectivity index (χ0) is 10.9. The van der Waals surface area contributed by atoms with Crippen molar-refractivity contribution in [3.05, 3.63) is 0 Å². The van der Waals surface area contributed by atoms with Crippen LogP contribution in [0.3, 0.4) is 0 Å². The lowest BCUT2D eigenvalue weighted by Gasteiger charge is -2.10. The quantitative estimate of drug-likeness (QED) is 0.379. The molecule has 0 fully saturated rings. The molecule has 0 bridgehead atoms. The van der Waals surface area contributed by atoms with Crippen molar-refractivity contribution in [3.63, 3.8) is 0 Å². The number of nitrogens with zero attached hydrogens (tertiary/aromatic N) is 2. The number of hydrogen-bond acceptors (Lipinski definition) is 5. The van der Waals surface area contributed by atoms with Crippen LogP contribution in [0.4, 0.5) is 0 Å². The van der Waals surface area contributed by atoms with Gasteiger partial charge in [0.2, 0.25) is 0 Å². The van der Waals surface area contributed by atoms with Crippen LogP contribution in [0.15, 0.2) is 0 Å². The first kappa shape index (κ1) is 12.7. The molecule has 6 heteroatoms. The van der Waals surface area contributed by atoms with E-state index in [2.05, 4.69) is 0 Å². The first-order valence-electron chi connectivity index (χ1n) is 3.79. The summed E-state index contributed by atoms with van der Waals surface area (Å²) in [5.74, 6) is 0. The fourth-order valence-electron chi connectivity index (χ4n) is 0.535. The first-order valence-corrected chi connectivity index (χ1v) is 5.33. The standard InChI is InChI=1S/C8H9N2O3P/c1-2-14(11,12-7-3-5-9)13-8-4-6-10/h1H,3-4,7-8H2. The van der Waals surface area contributed by atoms with Crippen LogP contribution in [0.1, 0.15) is 12.8 Å². The predicted octanol–water partition coefficient (Wildman–Crippen LogP) is 1.63. The van der Waals surface area contributed by atoms with E-state index in [0.29, 0.717) is 0 Å². The average molecular weight is 212 g/mol. The smallest absolute Gasteiger partial charge is 0.298 e. The normalized spacial score (nSPS) is 9.79. The highest BCUT2D eigenvalue weighted by atomic mass is 31.2. The Morgan fingerprint density at radius 3 is 1.86 bits per heavy atom. The van der Waals surface area contributed by atoms with Gasteiger partial charge in [-0.15, -0.1) is 6.42 Å². The summed E-state index contributed by atoms with van der Waals surface area (Å²) in [5.41, 5.74) is 1.89. The molecule has 0 aliphatic carbocycles. The van der Waals surface area contributed by atoms with Gasteiger partial charge < -0.3 is 0 Å². The van der Waals surface area contributed by atoms with Crippen LogP contribution < -0.4 is 0 Å². The van der Waals surface area contributed by atoms with Gasteiger partial charge in [-0.2, -0.15) is 10.5 Å². The lowest BCUT2D eigenvalue weighted by atomic mass is 10.5. The first-order chi connectivity index (χ1) is 6.68. The van der Waals surface area contributed by atoms with E-state index in [4.69, 9.17) is 26.0 Å². The lowest BCUT2D eigenvalue weighted by molar-refractivity contribution is 0.221. The zero-order valence-corrected chi connectivity index (χ0v) is 8.37. The van der Waals surface area contributed by atoms with Crippen molar-refractivity contribution >= 4 is 7.60 Å². The van der Waals surface area contributed by atoms with Crippen molar-refractivity contribution in [1.29, 1.82) is 10.5 Å². The molecule has 0 aliphatic heterocycles. The van der Waals surface area contributed by atoms with E-state index >= 15 is 0 Å². The van der Waals surface area contributed by atoms with E-state index < -0.39 is 7.60 Å². The van der Waals surface area contributed by atoms with E-state index in [-0.39, 0.29) is 26.1 Å². The van der Waals surface area contributed by atoms with Crippen molar-refractivity contribution in [1.82, 2.24) is 0 Å². The van der Waals surface area contributed by atoms with Gasteiger partial charge in [0.05, 0.1) is 38.2 Å². The van der Waals surface area contributed by atoms with Crippen LogP contribution in [-0.4, -0.2) is 13.2 Å². The molecule has 0 radical (unpaired) electrons. The van der Waals surface area contributed by atoms with Crippen LogP contribution >= 0.6 is 7.60 Å². The summed E-state index contributed by atoms with van der Waals surface area (Å²) >= 11 is 0. The number of rotatable bonds is 6. The van der Waals surface area contributed by atoms with Crippen molar-refractivity contribution in [2.45, 2.75) is 12.8 Å². The summed E-state index contributed by atoms with van der Waals surface area (Å²) in [6.45, 7) is -0.0743. The summed E-state index contributed by atoms with van der Waals surface area (Å²) < 4.78 is 20.9. The molecule has 0 aliphatic rings. The van der Waals surface area contributed by atoms with E-state index in [9.17, 15) is 4.57 Å². The molecular formula is C8H9N2O3P. The van der Waals surface area contributed by atoms with Crippen molar-refractivity contribution in [3.8, 4) is 24.2 Å². The third-order valence-electron chi connectivity index (χ3n) is 1.11. The van der Waals surface area contributed by atoms with Gasteiger partial charge >= 0.3 is 7.60 Å². The number of nitriles is 2. The topological polar surface area (TPSA) is 83.1 Å². The molecule has 0 amide bonds. The third-order valence-corrected chi connectivity index (χ3v) is 2.47. The van der Waals surface area contributed by atoms with E-state index in [0.717, 1.165) is 0 Å². The van der Waals surface area contributed by atoms with Gasteiger partial charge in [0.1, 0.15) is 0 Å². The highest BCUT2D eigenvalue weighted by Crippen LogP contribution is 2.46. The molecule has 0 aromatic carbocycles. The number of terminal acetylenes is 1. The van der Waals surface area contributed by atoms with Crippen LogP contribution in [-0.2, 0) is 13.6 Å². The monoisotopic (exact) mass is 212 g/mol. The van der Waals surface area contributed by atoms with Crippen molar-refractivity contribution in [2.75, 3.05) is 13.2 Å². The Kier molecular flexibility index (Phi) is 6.46. The Hall–Kier alpha value is -1.31. The molecule has 0 atom stereocenters. The highest BCUT2D eigenvalue weighted by Gasteiger charge is 2.20. The van der Waals surface area contributed by atoms with Gasteiger partial charge in [0.25, 0.3) is 0 Å². The molecule has 0 rings (SSSR count). The summed E-state index contributed by atoms with van der Waals surface area (Å²) in [6.07, 6.45) is 5.12. The minimum Gasteiger partial charge on any atom is -0.298 e. The molecule has 0 aromatic rings. The van der Waals surface area contributed by atoms with Gasteiger partial charge in [-0.25, -0.2) is 4.57 Å². The molecular weight excluding hydrogens is 203 g/mol. The maximum atomic E-state index is 11.4. The minimum absolute atomic E-state index is 0.0372. The molecule has 14 heavy (non-hydrogen) atoms. The second-order valence-corrected chi connectivity index (χ2v) is 3.88. The van der Waals surface area contributed by atoms with Crippen molar-refractivity contribution < 1.29 is 13.6 Å². The maximum absolute atomic E-state index is 11.4. The van der Waals surface area contributed by atoms with Gasteiger partial charge in [-0.1, -0.05) is 0 Å². The second-order valence-electron chi connectivity index (χ2n) is 2.11. The molecule has 0 N–H and O–H groups in total. The van der Waals surface area contributed by atoms with Crippen LogP contribution in [0.2, 0.25) is 0 Å². The lowest BCUT2D eigenvalue weighted by Crippen LogP contribution is -1.96. The molecule has 74 valence electrons. The molecule has 0 unspecified atom stereocenters. The van der Waals surface area contributed by atoms with Crippen LogP contribution in [0.25, 0.3) is 0 Å². The van der Waals surface area contributed by atoms with Gasteiger partial charge in [0.15, 0.2) is 0 Å². The largest absolute Gasteiger partial charge is 0.405 e. The SMILES string of the molecule is C#CP(=O)(OCCC#N)OCCC#N. The molecule has 0 saturated heterocycles. The average Bonchev–Trinajstić information content (AvgIpc) is 2.19. The summed E-state index contributed by atoms with van der Waals surface area (Å²) in [7, 11) is -3.53. The Labute approximate surface area is 82.8 Å². The Balaban J connectivity index is 3.97. The molecule has 0 heterocycles. The predicted molar refractivity (Wildman–Crippen MR) is 48.8 cm³/mol. The molecule has 0 spiro atoms. The fraction of sp³-hybridized carbons (Fsp3) is 0.500. The Morgan fingerprint density at radius 1 is 1.14 bits per heavy atom. The highest BCUT2D eigenvalue weighted by molar-refractivity contribution is 7.59. The van der Waals surface area contributed by atoms with Crippen LogP contribution in [0.5, 0.6) is 0 Å². The summed E-state index contributed by atoms with van der Waals surface area (Å²) in [6, 6.07) is 3.62. The Bertz CT molecular complexity index is 310. The molecule has 0 saturated carbocycles. The zero-order valence-electron chi connectivity index (χ0n) is 7.47. The second kappa shape index (κ2) is 7.13.